The molecular formula is C22H43NO4Si. The molecule has 0 amide bonds. The van der Waals surface area contributed by atoms with E-state index in [1.807, 2.05) is 0 Å². The van der Waals surface area contributed by atoms with Gasteiger partial charge in [-0.25, -0.2) is 0 Å². The molecule has 0 saturated carbocycles. The summed E-state index contributed by atoms with van der Waals surface area (Å²) in [6.07, 6.45) is 6.73. The van der Waals surface area contributed by atoms with E-state index in [0.29, 0.717) is 18.8 Å². The first-order valence-electron chi connectivity index (χ1n) is 10.7. The van der Waals surface area contributed by atoms with Crippen molar-refractivity contribution in [2.24, 2.45) is 11.8 Å². The standard InChI is InChI=1S/C22H43NO4Si/c1-18(21(25)26-5)20(24)15-11-9-8-10-13-19(14-12-16-23)17-27-28(6,7)22(2,3)4/h18-20,24H,8-15,17H2,1-7H3. The predicted molar refractivity (Wildman–Crippen MR) is 116 cm³/mol. The molecule has 0 aromatic rings. The maximum absolute atomic E-state index is 11.4. The van der Waals surface area contributed by atoms with Crippen LogP contribution in [-0.4, -0.2) is 39.2 Å². The summed E-state index contributed by atoms with van der Waals surface area (Å²) in [7, 11) is -0.401. The molecule has 0 aliphatic carbocycles. The first-order chi connectivity index (χ1) is 13.0. The minimum absolute atomic E-state index is 0.203. The van der Waals surface area contributed by atoms with Crippen molar-refractivity contribution in [2.45, 2.75) is 103 Å². The number of aliphatic hydroxyl groups excluding tert-OH is 1. The number of carbonyl (C=O) groups is 1. The largest absolute Gasteiger partial charge is 0.469 e. The summed E-state index contributed by atoms with van der Waals surface area (Å²) in [6.45, 7) is 13.8. The molecule has 5 nitrogen and oxygen atoms in total. The van der Waals surface area contributed by atoms with Crippen molar-refractivity contribution in [3.05, 3.63) is 0 Å². The number of esters is 1. The molecule has 0 radical (unpaired) electrons. The average molecular weight is 414 g/mol. The molecular weight excluding hydrogens is 370 g/mol. The fourth-order valence-corrected chi connectivity index (χ4v) is 3.94. The Bertz CT molecular complexity index is 482. The van der Waals surface area contributed by atoms with Gasteiger partial charge in [-0.15, -0.1) is 0 Å². The summed E-state index contributed by atoms with van der Waals surface area (Å²) in [4.78, 5) is 11.4. The third-order valence-corrected chi connectivity index (χ3v) is 10.7. The molecule has 164 valence electrons. The van der Waals surface area contributed by atoms with Crippen LogP contribution in [0.1, 0.15) is 79.1 Å². The molecule has 28 heavy (non-hydrogen) atoms. The van der Waals surface area contributed by atoms with Crippen molar-refractivity contribution in [1.29, 1.82) is 5.26 Å². The Balaban J connectivity index is 4.20. The maximum Gasteiger partial charge on any atom is 0.311 e. The molecule has 0 aliphatic heterocycles. The minimum Gasteiger partial charge on any atom is -0.469 e. The van der Waals surface area contributed by atoms with E-state index in [2.05, 4.69) is 44.7 Å². The van der Waals surface area contributed by atoms with Crippen LogP contribution in [0.25, 0.3) is 0 Å². The van der Waals surface area contributed by atoms with Crippen LogP contribution in [0.15, 0.2) is 0 Å². The van der Waals surface area contributed by atoms with Gasteiger partial charge < -0.3 is 14.3 Å². The summed E-state index contributed by atoms with van der Waals surface area (Å²) in [5.74, 6) is -0.374. The molecule has 0 aromatic heterocycles. The van der Waals surface area contributed by atoms with Crippen molar-refractivity contribution >= 4 is 14.3 Å². The van der Waals surface area contributed by atoms with E-state index in [9.17, 15) is 9.90 Å². The number of hydrogen-bond donors (Lipinski definition) is 1. The van der Waals surface area contributed by atoms with E-state index in [4.69, 9.17) is 9.69 Å². The fraction of sp³-hybridized carbons (Fsp3) is 0.909. The lowest BCUT2D eigenvalue weighted by atomic mass is 9.95. The summed E-state index contributed by atoms with van der Waals surface area (Å²) < 4.78 is 11.0. The molecule has 0 bridgehead atoms. The Kier molecular flexibility index (Phi) is 12.9. The van der Waals surface area contributed by atoms with Crippen molar-refractivity contribution in [3.63, 3.8) is 0 Å². The van der Waals surface area contributed by atoms with Crippen LogP contribution < -0.4 is 0 Å². The van der Waals surface area contributed by atoms with E-state index in [-0.39, 0.29) is 11.0 Å². The number of ether oxygens (including phenoxy) is 1. The lowest BCUT2D eigenvalue weighted by Gasteiger charge is -2.37. The second-order valence-corrected chi connectivity index (χ2v) is 14.3. The molecule has 3 atom stereocenters. The molecule has 0 rings (SSSR count). The second kappa shape index (κ2) is 13.3. The van der Waals surface area contributed by atoms with Crippen molar-refractivity contribution in [3.8, 4) is 6.07 Å². The molecule has 6 heteroatoms. The summed E-state index contributed by atoms with van der Waals surface area (Å²) >= 11 is 0. The molecule has 0 heterocycles. The number of methoxy groups -OCH3 is 1. The fourth-order valence-electron chi connectivity index (χ4n) is 2.86. The number of unbranched alkanes of at least 4 members (excludes halogenated alkanes) is 3. The minimum atomic E-state index is -1.75. The zero-order valence-corrected chi connectivity index (χ0v) is 20.2. The van der Waals surface area contributed by atoms with Crippen LogP contribution in [0.3, 0.4) is 0 Å². The zero-order valence-electron chi connectivity index (χ0n) is 19.2. The van der Waals surface area contributed by atoms with Crippen LogP contribution in [0.5, 0.6) is 0 Å². The van der Waals surface area contributed by atoms with E-state index in [1.165, 1.54) is 7.11 Å². The first kappa shape index (κ1) is 27.1. The van der Waals surface area contributed by atoms with Gasteiger partial charge in [0.2, 0.25) is 0 Å². The topological polar surface area (TPSA) is 79.5 Å². The highest BCUT2D eigenvalue weighted by Crippen LogP contribution is 2.37. The SMILES string of the molecule is COC(=O)C(C)C(O)CCCCCCC(CCC#N)CO[Si](C)(C)C(C)(C)C. The van der Waals surface area contributed by atoms with Crippen molar-refractivity contribution in [1.82, 2.24) is 0 Å². The Hall–Kier alpha value is -0.903. The van der Waals surface area contributed by atoms with Gasteiger partial charge in [0, 0.05) is 13.0 Å². The highest BCUT2D eigenvalue weighted by atomic mass is 28.4. The Morgan fingerprint density at radius 1 is 1.11 bits per heavy atom. The third-order valence-electron chi connectivity index (χ3n) is 6.16. The lowest BCUT2D eigenvalue weighted by Crippen LogP contribution is -2.42. The molecule has 3 unspecified atom stereocenters. The van der Waals surface area contributed by atoms with Crippen molar-refractivity contribution in [2.75, 3.05) is 13.7 Å². The van der Waals surface area contributed by atoms with Gasteiger partial charge in [-0.1, -0.05) is 46.5 Å². The smallest absolute Gasteiger partial charge is 0.311 e. The van der Waals surface area contributed by atoms with E-state index >= 15 is 0 Å². The molecule has 1 N–H and O–H groups in total. The van der Waals surface area contributed by atoms with Crippen LogP contribution in [0.2, 0.25) is 18.1 Å². The zero-order chi connectivity index (χ0) is 21.8. The third kappa shape index (κ3) is 10.6. The van der Waals surface area contributed by atoms with Gasteiger partial charge in [-0.05, 0) is 50.2 Å². The summed E-state index contributed by atoms with van der Waals surface area (Å²) in [6, 6.07) is 2.26. The van der Waals surface area contributed by atoms with E-state index in [0.717, 1.165) is 45.1 Å². The highest BCUT2D eigenvalue weighted by molar-refractivity contribution is 6.74. The van der Waals surface area contributed by atoms with Gasteiger partial charge >= 0.3 is 5.97 Å². The number of nitrogens with zero attached hydrogens (tertiary/aromatic N) is 1. The Morgan fingerprint density at radius 2 is 1.68 bits per heavy atom. The van der Waals surface area contributed by atoms with Gasteiger partial charge in [-0.3, -0.25) is 4.79 Å². The van der Waals surface area contributed by atoms with Gasteiger partial charge in [-0.2, -0.15) is 5.26 Å². The molecule has 0 fully saturated rings. The van der Waals surface area contributed by atoms with Crippen LogP contribution >= 0.6 is 0 Å². The Morgan fingerprint density at radius 3 is 2.18 bits per heavy atom. The first-order valence-corrected chi connectivity index (χ1v) is 13.6. The number of aliphatic hydroxyl groups is 1. The Labute approximate surface area is 173 Å². The van der Waals surface area contributed by atoms with Crippen LogP contribution in [0.4, 0.5) is 0 Å². The van der Waals surface area contributed by atoms with Crippen LogP contribution in [0, 0.1) is 23.2 Å². The van der Waals surface area contributed by atoms with Crippen molar-refractivity contribution < 1.29 is 19.1 Å². The quantitative estimate of drug-likeness (QED) is 0.233. The molecule has 0 aliphatic rings. The maximum atomic E-state index is 11.4. The lowest BCUT2D eigenvalue weighted by molar-refractivity contribution is -0.148. The van der Waals surface area contributed by atoms with Gasteiger partial charge in [0.15, 0.2) is 8.32 Å². The van der Waals surface area contributed by atoms with Gasteiger partial charge in [0.05, 0.1) is 25.2 Å². The normalized spacial score (nSPS) is 15.5. The number of hydrogen-bond acceptors (Lipinski definition) is 5. The molecule has 0 saturated heterocycles. The predicted octanol–water partition coefficient (Wildman–Crippen LogP) is 5.44. The number of nitriles is 1. The monoisotopic (exact) mass is 413 g/mol. The van der Waals surface area contributed by atoms with E-state index in [1.54, 1.807) is 6.92 Å². The summed E-state index contributed by atoms with van der Waals surface area (Å²) in [5, 5.41) is 19.2. The number of carbonyl (C=O) groups excluding carboxylic acids is 1. The average Bonchev–Trinajstić information content (AvgIpc) is 2.63. The highest BCUT2D eigenvalue weighted by Gasteiger charge is 2.37. The van der Waals surface area contributed by atoms with Gasteiger partial charge in [0.25, 0.3) is 0 Å². The van der Waals surface area contributed by atoms with Crippen LogP contribution in [-0.2, 0) is 14.0 Å². The van der Waals surface area contributed by atoms with Gasteiger partial charge in [0.1, 0.15) is 0 Å². The van der Waals surface area contributed by atoms with E-state index < -0.39 is 20.3 Å². The summed E-state index contributed by atoms with van der Waals surface area (Å²) in [5.41, 5.74) is 0. The number of rotatable bonds is 14. The second-order valence-electron chi connectivity index (χ2n) is 9.50. The molecule has 0 spiro atoms. The molecule has 0 aromatic carbocycles.